The summed E-state index contributed by atoms with van der Waals surface area (Å²) in [6.07, 6.45) is 4.92. The van der Waals surface area contributed by atoms with Crippen LogP contribution in [0.5, 0.6) is 0 Å². The van der Waals surface area contributed by atoms with Crippen LogP contribution in [0, 0.1) is 0 Å². The number of piperidine rings is 1. The summed E-state index contributed by atoms with van der Waals surface area (Å²) in [6, 6.07) is 18.5. The number of amides is 1. The van der Waals surface area contributed by atoms with Gasteiger partial charge in [-0.15, -0.1) is 0 Å². The summed E-state index contributed by atoms with van der Waals surface area (Å²) in [5.74, 6) is 0.602. The molecule has 2 aromatic carbocycles. The number of anilines is 1. The molecule has 172 valence electrons. The van der Waals surface area contributed by atoms with Crippen LogP contribution in [0.4, 0.5) is 5.82 Å². The lowest BCUT2D eigenvalue weighted by atomic mass is 9.83. The lowest BCUT2D eigenvalue weighted by Gasteiger charge is -2.39. The number of carbonyl (C=O) groups excluding carboxylic acids is 1. The number of nitrogens with one attached hydrogen (secondary N) is 1. The number of rotatable bonds is 4. The highest BCUT2D eigenvalue weighted by Gasteiger charge is 2.43. The first-order valence-corrected chi connectivity index (χ1v) is 12.3. The fourth-order valence-electron chi connectivity index (χ4n) is 5.05. The molecule has 0 aliphatic carbocycles. The predicted octanol–water partition coefficient (Wildman–Crippen LogP) is 4.77. The molecule has 0 unspecified atom stereocenters. The zero-order valence-corrected chi connectivity index (χ0v) is 20.2. The highest BCUT2D eigenvalue weighted by molar-refractivity contribution is 9.10. The van der Waals surface area contributed by atoms with E-state index in [0.717, 1.165) is 22.9 Å². The summed E-state index contributed by atoms with van der Waals surface area (Å²) in [5.41, 5.74) is 4.56. The Morgan fingerprint density at radius 2 is 1.82 bits per heavy atom. The number of fused-ring (bicyclic) bond motifs is 3. The molecule has 4 aromatic rings. The maximum Gasteiger partial charge on any atom is 0.259 e. The van der Waals surface area contributed by atoms with E-state index in [1.54, 1.807) is 16.9 Å². The fourth-order valence-corrected chi connectivity index (χ4v) is 5.41. The van der Waals surface area contributed by atoms with Gasteiger partial charge in [0.15, 0.2) is 5.65 Å². The summed E-state index contributed by atoms with van der Waals surface area (Å²) in [4.78, 5) is 20.1. The van der Waals surface area contributed by atoms with Crippen LogP contribution >= 0.6 is 15.9 Å². The zero-order chi connectivity index (χ0) is 23.1. The SMILES string of the molecule is O=C(c1cnc2c(Br)cnn2c1NCc1ccccc1)N1CCC2(CC1)OCc1ccccc12. The number of halogens is 1. The Kier molecular flexibility index (Phi) is 5.34. The molecule has 6 rings (SSSR count). The van der Waals surface area contributed by atoms with Crippen molar-refractivity contribution in [3.05, 3.63) is 93.7 Å². The van der Waals surface area contributed by atoms with Crippen molar-refractivity contribution >= 4 is 33.3 Å². The molecule has 1 N–H and O–H groups in total. The molecule has 2 aliphatic heterocycles. The highest BCUT2D eigenvalue weighted by atomic mass is 79.9. The van der Waals surface area contributed by atoms with Crippen LogP contribution in [0.3, 0.4) is 0 Å². The van der Waals surface area contributed by atoms with Gasteiger partial charge in [0.1, 0.15) is 11.4 Å². The largest absolute Gasteiger partial charge is 0.365 e. The average Bonchev–Trinajstić information content (AvgIpc) is 3.44. The summed E-state index contributed by atoms with van der Waals surface area (Å²) < 4.78 is 8.76. The number of aromatic nitrogens is 3. The Bertz CT molecular complexity index is 1360. The van der Waals surface area contributed by atoms with Crippen LogP contribution < -0.4 is 5.32 Å². The Balaban J connectivity index is 1.27. The molecular formula is C26H24BrN5O2. The summed E-state index contributed by atoms with van der Waals surface area (Å²) in [5, 5.41) is 7.89. The Morgan fingerprint density at radius 1 is 1.06 bits per heavy atom. The minimum Gasteiger partial charge on any atom is -0.365 e. The molecule has 0 radical (unpaired) electrons. The number of hydrogen-bond donors (Lipinski definition) is 1. The van der Waals surface area contributed by atoms with Crippen molar-refractivity contribution < 1.29 is 9.53 Å². The molecule has 1 fully saturated rings. The van der Waals surface area contributed by atoms with Crippen molar-refractivity contribution in [2.45, 2.75) is 31.6 Å². The molecule has 0 saturated carbocycles. The van der Waals surface area contributed by atoms with Crippen LogP contribution in [0.1, 0.15) is 39.9 Å². The Morgan fingerprint density at radius 3 is 2.65 bits per heavy atom. The molecular weight excluding hydrogens is 494 g/mol. The Hall–Kier alpha value is -3.23. The van der Waals surface area contributed by atoms with E-state index in [2.05, 4.69) is 67.7 Å². The maximum atomic E-state index is 13.7. The van der Waals surface area contributed by atoms with E-state index in [0.29, 0.717) is 43.3 Å². The van der Waals surface area contributed by atoms with Crippen LogP contribution in [0.25, 0.3) is 5.65 Å². The summed E-state index contributed by atoms with van der Waals surface area (Å²) in [7, 11) is 0. The molecule has 0 atom stereocenters. The molecule has 0 bridgehead atoms. The number of likely N-dealkylation sites (tertiary alicyclic amines) is 1. The first kappa shape index (κ1) is 21.3. The standard InChI is InChI=1S/C26H24BrN5O2/c27-22-16-30-32-23(28-14-18-6-2-1-3-7-18)20(15-29-24(22)32)25(33)31-12-10-26(11-13-31)21-9-5-4-8-19(21)17-34-26/h1-9,15-16,28H,10-14,17H2. The Labute approximate surface area is 205 Å². The van der Waals surface area contributed by atoms with Gasteiger partial charge in [-0.25, -0.2) is 4.98 Å². The second-order valence-corrected chi connectivity index (χ2v) is 9.67. The van der Waals surface area contributed by atoms with Gasteiger partial charge in [-0.3, -0.25) is 4.79 Å². The summed E-state index contributed by atoms with van der Waals surface area (Å²) >= 11 is 3.50. The first-order chi connectivity index (χ1) is 16.6. The molecule has 2 aromatic heterocycles. The molecule has 34 heavy (non-hydrogen) atoms. The minimum absolute atomic E-state index is 0.0438. The third-order valence-electron chi connectivity index (χ3n) is 6.89. The van der Waals surface area contributed by atoms with E-state index in [9.17, 15) is 4.79 Å². The van der Waals surface area contributed by atoms with E-state index in [1.807, 2.05) is 23.1 Å². The monoisotopic (exact) mass is 517 g/mol. The maximum absolute atomic E-state index is 13.7. The number of ether oxygens (including phenoxy) is 1. The average molecular weight is 518 g/mol. The summed E-state index contributed by atoms with van der Waals surface area (Å²) in [6.45, 7) is 2.48. The van der Waals surface area contributed by atoms with Gasteiger partial charge < -0.3 is 15.0 Å². The normalized spacial score (nSPS) is 16.7. The molecule has 1 spiro atoms. The van der Waals surface area contributed by atoms with E-state index in [-0.39, 0.29) is 11.5 Å². The lowest BCUT2D eigenvalue weighted by Crippen LogP contribution is -2.45. The quantitative estimate of drug-likeness (QED) is 0.422. The van der Waals surface area contributed by atoms with Crippen LogP contribution in [0.15, 0.2) is 71.5 Å². The van der Waals surface area contributed by atoms with E-state index < -0.39 is 0 Å². The first-order valence-electron chi connectivity index (χ1n) is 11.5. The fraction of sp³-hybridized carbons (Fsp3) is 0.269. The molecule has 7 nitrogen and oxygen atoms in total. The van der Waals surface area contributed by atoms with Gasteiger partial charge in [0, 0.05) is 25.8 Å². The van der Waals surface area contributed by atoms with Gasteiger partial charge in [0.25, 0.3) is 5.91 Å². The van der Waals surface area contributed by atoms with Gasteiger partial charge in [-0.2, -0.15) is 9.61 Å². The molecule has 8 heteroatoms. The third kappa shape index (κ3) is 3.58. The van der Waals surface area contributed by atoms with Crippen molar-refractivity contribution in [1.29, 1.82) is 0 Å². The predicted molar refractivity (Wildman–Crippen MR) is 133 cm³/mol. The van der Waals surface area contributed by atoms with Crippen molar-refractivity contribution in [3.63, 3.8) is 0 Å². The van der Waals surface area contributed by atoms with E-state index in [4.69, 9.17) is 4.74 Å². The third-order valence-corrected chi connectivity index (χ3v) is 7.45. The number of benzene rings is 2. The molecule has 1 amide bonds. The molecule has 2 aliphatic rings. The smallest absolute Gasteiger partial charge is 0.259 e. The molecule has 1 saturated heterocycles. The van der Waals surface area contributed by atoms with Crippen LogP contribution in [-0.2, 0) is 23.5 Å². The van der Waals surface area contributed by atoms with Crippen LogP contribution in [-0.4, -0.2) is 38.5 Å². The highest BCUT2D eigenvalue weighted by Crippen LogP contribution is 2.44. The van der Waals surface area contributed by atoms with Gasteiger partial charge in [-0.05, 0) is 45.5 Å². The second kappa shape index (κ2) is 8.52. The van der Waals surface area contributed by atoms with Crippen molar-refractivity contribution in [1.82, 2.24) is 19.5 Å². The number of hydrogen-bond acceptors (Lipinski definition) is 5. The van der Waals surface area contributed by atoms with Crippen molar-refractivity contribution in [2.24, 2.45) is 0 Å². The van der Waals surface area contributed by atoms with Gasteiger partial charge >= 0.3 is 0 Å². The zero-order valence-electron chi connectivity index (χ0n) is 18.6. The number of carbonyl (C=O) groups is 1. The van der Waals surface area contributed by atoms with Gasteiger partial charge in [-0.1, -0.05) is 54.6 Å². The van der Waals surface area contributed by atoms with Crippen molar-refractivity contribution in [3.8, 4) is 0 Å². The van der Waals surface area contributed by atoms with Gasteiger partial charge in [0.2, 0.25) is 0 Å². The topological polar surface area (TPSA) is 71.8 Å². The van der Waals surface area contributed by atoms with Crippen LogP contribution in [0.2, 0.25) is 0 Å². The van der Waals surface area contributed by atoms with Gasteiger partial charge in [0.05, 0.1) is 22.9 Å². The number of nitrogens with zero attached hydrogens (tertiary/aromatic N) is 4. The van der Waals surface area contributed by atoms with Crippen molar-refractivity contribution in [2.75, 3.05) is 18.4 Å². The van der Waals surface area contributed by atoms with E-state index in [1.165, 1.54) is 11.1 Å². The molecule has 4 heterocycles. The lowest BCUT2D eigenvalue weighted by molar-refractivity contribution is -0.0741. The second-order valence-electron chi connectivity index (χ2n) is 8.82. The van der Waals surface area contributed by atoms with E-state index >= 15 is 0 Å². The minimum atomic E-state index is -0.281.